The first-order valence-corrected chi connectivity index (χ1v) is 2.54. The third kappa shape index (κ3) is 3.33. The zero-order chi connectivity index (χ0) is 6.41. The maximum Gasteiger partial charge on any atom is 0.0881 e. The first kappa shape index (κ1) is 7.14. The van der Waals surface area contributed by atoms with Crippen molar-refractivity contribution in [1.29, 1.82) is 0 Å². The molecule has 0 aromatic carbocycles. The van der Waals surface area contributed by atoms with Gasteiger partial charge in [-0.3, -0.25) is 0 Å². The molecular formula is C5H11N3. The van der Waals surface area contributed by atoms with Crippen LogP contribution in [0.5, 0.6) is 0 Å². The summed E-state index contributed by atoms with van der Waals surface area (Å²) in [6, 6.07) is 0.116. The molecule has 2 N–H and O–H groups in total. The average Bonchev–Trinajstić information content (AvgIpc) is 1.68. The van der Waals surface area contributed by atoms with Crippen molar-refractivity contribution in [3.8, 4) is 0 Å². The Labute approximate surface area is 49.3 Å². The quantitative estimate of drug-likeness (QED) is 0.249. The van der Waals surface area contributed by atoms with Gasteiger partial charge in [-0.25, -0.2) is 0 Å². The van der Waals surface area contributed by atoms with Crippen LogP contribution in [-0.2, 0) is 0 Å². The lowest BCUT2D eigenvalue weighted by Gasteiger charge is -1.90. The highest BCUT2D eigenvalue weighted by Crippen LogP contribution is 1.89. The second-order valence-corrected chi connectivity index (χ2v) is 1.50. The fourth-order valence-electron chi connectivity index (χ4n) is 0.422. The molecule has 0 fully saturated rings. The molecule has 0 radical (unpaired) electrons. The van der Waals surface area contributed by atoms with Crippen molar-refractivity contribution in [3.05, 3.63) is 12.2 Å². The largest absolute Gasteiger partial charge is 0.305 e. The lowest BCUT2D eigenvalue weighted by atomic mass is 10.3. The summed E-state index contributed by atoms with van der Waals surface area (Å²) in [6.07, 6.45) is 3.83. The number of rotatable bonds is 2. The fourth-order valence-corrected chi connectivity index (χ4v) is 0.422. The number of nitrogens with zero attached hydrogens (tertiary/aromatic N) is 2. The van der Waals surface area contributed by atoms with Gasteiger partial charge in [0, 0.05) is 0 Å². The summed E-state index contributed by atoms with van der Waals surface area (Å²) in [5, 5.41) is 6.76. The smallest absolute Gasteiger partial charge is 0.0881 e. The highest BCUT2D eigenvalue weighted by molar-refractivity contribution is 4.86. The maximum atomic E-state index is 4.78. The third-order valence-corrected chi connectivity index (χ3v) is 0.720. The Morgan fingerprint density at radius 1 is 1.62 bits per heavy atom. The number of hydrogen-bond donors (Lipinski definition) is 1. The molecule has 0 saturated carbocycles. The van der Waals surface area contributed by atoms with Crippen LogP contribution >= 0.6 is 0 Å². The Bertz CT molecular complexity index is 83.8. The molecule has 0 saturated heterocycles. The minimum Gasteiger partial charge on any atom is -0.305 e. The Morgan fingerprint density at radius 2 is 2.25 bits per heavy atom. The molecule has 0 bridgehead atoms. The van der Waals surface area contributed by atoms with E-state index in [0.29, 0.717) is 0 Å². The molecule has 0 amide bonds. The van der Waals surface area contributed by atoms with Crippen LogP contribution in [0, 0.1) is 0 Å². The zero-order valence-corrected chi connectivity index (χ0v) is 5.20. The number of allylic oxidation sites excluding steroid dienone is 1. The molecule has 0 spiro atoms. The van der Waals surface area contributed by atoms with Crippen LogP contribution in [0.15, 0.2) is 22.5 Å². The lowest BCUT2D eigenvalue weighted by molar-refractivity contribution is 0.811. The Morgan fingerprint density at radius 3 is 2.62 bits per heavy atom. The molecule has 1 atom stereocenters. The molecular weight excluding hydrogens is 102 g/mol. The van der Waals surface area contributed by atoms with Gasteiger partial charge in [0.2, 0.25) is 0 Å². The monoisotopic (exact) mass is 113 g/mol. The molecule has 0 aliphatic heterocycles. The Kier molecular flexibility index (Phi) is 3.84. The maximum absolute atomic E-state index is 4.78. The lowest BCUT2D eigenvalue weighted by Crippen LogP contribution is -1.90. The molecule has 1 unspecified atom stereocenters. The summed E-state index contributed by atoms with van der Waals surface area (Å²) >= 11 is 0. The first-order chi connectivity index (χ1) is 3.81. The van der Waals surface area contributed by atoms with E-state index >= 15 is 0 Å². The molecule has 0 aromatic rings. The van der Waals surface area contributed by atoms with E-state index in [2.05, 4.69) is 10.3 Å². The van der Waals surface area contributed by atoms with Crippen molar-refractivity contribution in [1.82, 2.24) is 0 Å². The Balaban J connectivity index is 3.47. The minimum atomic E-state index is 0.116. The van der Waals surface area contributed by atoms with Crippen molar-refractivity contribution in [3.63, 3.8) is 0 Å². The van der Waals surface area contributed by atoms with Crippen molar-refractivity contribution in [2.75, 3.05) is 0 Å². The molecule has 3 nitrogen and oxygen atoms in total. The molecule has 46 valence electrons. The normalized spacial score (nSPS) is 15.8. The van der Waals surface area contributed by atoms with E-state index in [-0.39, 0.29) is 6.04 Å². The third-order valence-electron chi connectivity index (χ3n) is 0.720. The van der Waals surface area contributed by atoms with Gasteiger partial charge in [-0.15, -0.1) is 0 Å². The van der Waals surface area contributed by atoms with Crippen LogP contribution in [0.4, 0.5) is 0 Å². The van der Waals surface area contributed by atoms with Crippen LogP contribution < -0.4 is 5.84 Å². The van der Waals surface area contributed by atoms with E-state index in [1.807, 2.05) is 26.0 Å². The highest BCUT2D eigenvalue weighted by atomic mass is 15.3. The second kappa shape index (κ2) is 4.30. The average molecular weight is 113 g/mol. The topological polar surface area (TPSA) is 50.7 Å². The van der Waals surface area contributed by atoms with Gasteiger partial charge >= 0.3 is 0 Å². The number of hydrogen-bond acceptors (Lipinski definition) is 2. The summed E-state index contributed by atoms with van der Waals surface area (Å²) < 4.78 is 0. The molecule has 3 heteroatoms. The van der Waals surface area contributed by atoms with Crippen molar-refractivity contribution in [2.24, 2.45) is 16.2 Å². The zero-order valence-electron chi connectivity index (χ0n) is 5.20. The van der Waals surface area contributed by atoms with Crippen molar-refractivity contribution >= 4 is 0 Å². The predicted octanol–water partition coefficient (Wildman–Crippen LogP) is 1.28. The van der Waals surface area contributed by atoms with Gasteiger partial charge in [0.05, 0.1) is 6.04 Å². The molecule has 0 aliphatic carbocycles. The highest BCUT2D eigenvalue weighted by Gasteiger charge is 1.86. The van der Waals surface area contributed by atoms with Gasteiger partial charge in [0.25, 0.3) is 0 Å². The van der Waals surface area contributed by atoms with E-state index in [1.165, 1.54) is 0 Å². The van der Waals surface area contributed by atoms with E-state index in [0.717, 1.165) is 0 Å². The van der Waals surface area contributed by atoms with Crippen LogP contribution in [0.1, 0.15) is 13.8 Å². The fraction of sp³-hybridized carbons (Fsp3) is 0.600. The minimum absolute atomic E-state index is 0.116. The summed E-state index contributed by atoms with van der Waals surface area (Å²) in [5.74, 6) is 4.78. The van der Waals surface area contributed by atoms with Crippen LogP contribution in [0.3, 0.4) is 0 Å². The summed E-state index contributed by atoms with van der Waals surface area (Å²) in [4.78, 5) is 0. The van der Waals surface area contributed by atoms with E-state index in [4.69, 9.17) is 5.84 Å². The standard InChI is InChI=1S/C5H11N3/c1-3-4-5(2)7-8-6/h3-5H,1-2H3,(H2,6,7)/b4-3-. The predicted molar refractivity (Wildman–Crippen MR) is 33.3 cm³/mol. The van der Waals surface area contributed by atoms with E-state index in [9.17, 15) is 0 Å². The Hall–Kier alpha value is -0.860. The van der Waals surface area contributed by atoms with Crippen LogP contribution in [0.25, 0.3) is 0 Å². The summed E-state index contributed by atoms with van der Waals surface area (Å²) in [7, 11) is 0. The summed E-state index contributed by atoms with van der Waals surface area (Å²) in [6.45, 7) is 3.85. The van der Waals surface area contributed by atoms with Gasteiger partial charge in [-0.05, 0) is 13.8 Å². The molecule has 8 heavy (non-hydrogen) atoms. The van der Waals surface area contributed by atoms with Gasteiger partial charge in [0.1, 0.15) is 0 Å². The molecule has 0 rings (SSSR count). The summed E-state index contributed by atoms with van der Waals surface area (Å²) in [5.41, 5.74) is 0. The van der Waals surface area contributed by atoms with E-state index in [1.54, 1.807) is 0 Å². The molecule has 0 aromatic heterocycles. The van der Waals surface area contributed by atoms with Gasteiger partial charge in [0.15, 0.2) is 0 Å². The van der Waals surface area contributed by atoms with Gasteiger partial charge in [-0.2, -0.15) is 5.11 Å². The first-order valence-electron chi connectivity index (χ1n) is 2.54. The van der Waals surface area contributed by atoms with E-state index < -0.39 is 0 Å². The van der Waals surface area contributed by atoms with Gasteiger partial charge in [-0.1, -0.05) is 17.4 Å². The van der Waals surface area contributed by atoms with Crippen molar-refractivity contribution in [2.45, 2.75) is 19.9 Å². The number of nitrogens with two attached hydrogens (primary N) is 1. The second-order valence-electron chi connectivity index (χ2n) is 1.50. The van der Waals surface area contributed by atoms with Gasteiger partial charge < -0.3 is 5.84 Å². The van der Waals surface area contributed by atoms with Crippen molar-refractivity contribution < 1.29 is 0 Å². The van der Waals surface area contributed by atoms with Crippen LogP contribution in [-0.4, -0.2) is 6.04 Å². The SMILES string of the molecule is C/C=C\C(C)N=NN. The van der Waals surface area contributed by atoms with Crippen LogP contribution in [0.2, 0.25) is 0 Å². The molecule has 0 heterocycles. The molecule has 0 aliphatic rings.